The Bertz CT molecular complexity index is 1690. The molecule has 4 aromatic rings. The first-order chi connectivity index (χ1) is 21.2. The molecule has 0 fully saturated rings. The summed E-state index contributed by atoms with van der Waals surface area (Å²) in [4.78, 5) is 25.1. The largest absolute Gasteiger partial charge is 0.497 e. The summed E-state index contributed by atoms with van der Waals surface area (Å²) in [5, 5.41) is 6.70. The Hall–Kier alpha value is -5.36. The number of anilines is 2. The highest BCUT2D eigenvalue weighted by Crippen LogP contribution is 2.26. The minimum atomic E-state index is -4.07. The molecule has 0 saturated carbocycles. The summed E-state index contributed by atoms with van der Waals surface area (Å²) in [6.45, 7) is 1.16. The first-order valence-corrected chi connectivity index (χ1v) is 14.8. The number of sulfonamides is 1. The van der Waals surface area contributed by atoms with Gasteiger partial charge in [-0.1, -0.05) is 17.7 Å². The standard InChI is InChI=1S/C32H32N4O7S/c1-23-4-18-30(19-5-23)44(39,40)36(26-10-16-28(42-3)17-11-26)21-31(37)35-33-20-24-6-12-29(13-7-24)43-22-32(38)34-25-8-14-27(41-2)15-9-25/h4-20H,21-22H2,1-3H3,(H,34,38)(H,35,37)/b33-20-. The van der Waals surface area contributed by atoms with Crippen LogP contribution in [-0.2, 0) is 19.6 Å². The second-order valence-electron chi connectivity index (χ2n) is 9.45. The minimum Gasteiger partial charge on any atom is -0.497 e. The van der Waals surface area contributed by atoms with Crippen LogP contribution >= 0.6 is 0 Å². The molecule has 0 saturated heterocycles. The smallest absolute Gasteiger partial charge is 0.264 e. The van der Waals surface area contributed by atoms with E-state index in [9.17, 15) is 18.0 Å². The number of nitrogens with one attached hydrogen (secondary N) is 2. The van der Waals surface area contributed by atoms with Gasteiger partial charge in [0.05, 0.1) is 31.0 Å². The monoisotopic (exact) mass is 616 g/mol. The third kappa shape index (κ3) is 8.58. The first-order valence-electron chi connectivity index (χ1n) is 13.4. The average Bonchev–Trinajstić information content (AvgIpc) is 3.04. The fourth-order valence-electron chi connectivity index (χ4n) is 3.92. The van der Waals surface area contributed by atoms with E-state index in [0.717, 1.165) is 9.87 Å². The molecular weight excluding hydrogens is 584 g/mol. The SMILES string of the molecule is COc1ccc(NC(=O)COc2ccc(/C=N\NC(=O)CN(c3ccc(OC)cc3)S(=O)(=O)c3ccc(C)cc3)cc2)cc1. The average molecular weight is 617 g/mol. The van der Waals surface area contributed by atoms with E-state index in [1.54, 1.807) is 92.0 Å². The highest BCUT2D eigenvalue weighted by molar-refractivity contribution is 7.92. The molecule has 0 atom stereocenters. The number of ether oxygens (including phenoxy) is 3. The number of rotatable bonds is 13. The molecule has 2 N–H and O–H groups in total. The molecule has 12 heteroatoms. The molecular formula is C32H32N4O7S. The summed E-state index contributed by atoms with van der Waals surface area (Å²) in [7, 11) is -0.997. The summed E-state index contributed by atoms with van der Waals surface area (Å²) in [5.41, 5.74) is 4.83. The van der Waals surface area contributed by atoms with E-state index < -0.39 is 22.5 Å². The summed E-state index contributed by atoms with van der Waals surface area (Å²) in [6.07, 6.45) is 1.41. The van der Waals surface area contributed by atoms with Gasteiger partial charge in [-0.05, 0) is 97.4 Å². The van der Waals surface area contributed by atoms with Crippen LogP contribution in [0.25, 0.3) is 0 Å². The molecule has 11 nitrogen and oxygen atoms in total. The Morgan fingerprint density at radius 1 is 0.773 bits per heavy atom. The number of nitrogens with zero attached hydrogens (tertiary/aromatic N) is 2. The van der Waals surface area contributed by atoms with Gasteiger partial charge in [0, 0.05) is 5.69 Å². The zero-order valence-electron chi connectivity index (χ0n) is 24.4. The highest BCUT2D eigenvalue weighted by Gasteiger charge is 2.27. The molecule has 0 radical (unpaired) electrons. The number of carbonyl (C=O) groups is 2. The van der Waals surface area contributed by atoms with Crippen LogP contribution in [0, 0.1) is 6.92 Å². The van der Waals surface area contributed by atoms with Gasteiger partial charge in [-0.15, -0.1) is 0 Å². The minimum absolute atomic E-state index is 0.0516. The van der Waals surface area contributed by atoms with Gasteiger partial charge in [-0.2, -0.15) is 5.10 Å². The summed E-state index contributed by atoms with van der Waals surface area (Å²) >= 11 is 0. The summed E-state index contributed by atoms with van der Waals surface area (Å²) in [6, 6.07) is 26.4. The third-order valence-electron chi connectivity index (χ3n) is 6.28. The van der Waals surface area contributed by atoms with E-state index in [1.165, 1.54) is 25.5 Å². The second kappa shape index (κ2) is 14.7. The van der Waals surface area contributed by atoms with Crippen LogP contribution in [0.5, 0.6) is 17.2 Å². The summed E-state index contributed by atoms with van der Waals surface area (Å²) in [5.74, 6) is 0.729. The van der Waals surface area contributed by atoms with Crippen LogP contribution in [0.1, 0.15) is 11.1 Å². The van der Waals surface area contributed by atoms with Gasteiger partial charge < -0.3 is 19.5 Å². The van der Waals surface area contributed by atoms with Gasteiger partial charge in [-0.3, -0.25) is 13.9 Å². The van der Waals surface area contributed by atoms with E-state index in [0.29, 0.717) is 34.2 Å². The van der Waals surface area contributed by atoms with Crippen LogP contribution in [0.3, 0.4) is 0 Å². The van der Waals surface area contributed by atoms with Gasteiger partial charge in [0.1, 0.15) is 23.8 Å². The van der Waals surface area contributed by atoms with Crippen molar-refractivity contribution < 1.29 is 32.2 Å². The number of carbonyl (C=O) groups excluding carboxylic acids is 2. The molecule has 4 aromatic carbocycles. The molecule has 0 bridgehead atoms. The summed E-state index contributed by atoms with van der Waals surface area (Å²) < 4.78 is 43.8. The number of hydrogen-bond donors (Lipinski definition) is 2. The van der Waals surface area contributed by atoms with Crippen LogP contribution in [0.2, 0.25) is 0 Å². The Morgan fingerprint density at radius 2 is 1.34 bits per heavy atom. The fourth-order valence-corrected chi connectivity index (χ4v) is 5.34. The van der Waals surface area contributed by atoms with Crippen molar-refractivity contribution in [3.05, 3.63) is 108 Å². The molecule has 0 aromatic heterocycles. The van der Waals surface area contributed by atoms with Gasteiger partial charge in [0.2, 0.25) is 0 Å². The fraction of sp³-hybridized carbons (Fsp3) is 0.156. The first kappa shape index (κ1) is 31.6. The molecule has 0 aliphatic carbocycles. The lowest BCUT2D eigenvalue weighted by molar-refractivity contribution is -0.119. The topological polar surface area (TPSA) is 136 Å². The number of hydrazone groups is 1. The molecule has 228 valence electrons. The normalized spacial score (nSPS) is 11.1. The van der Waals surface area contributed by atoms with Crippen molar-refractivity contribution in [2.24, 2.45) is 5.10 Å². The predicted octanol–water partition coefficient (Wildman–Crippen LogP) is 4.38. The van der Waals surface area contributed by atoms with E-state index in [4.69, 9.17) is 14.2 Å². The maximum atomic E-state index is 13.5. The van der Waals surface area contributed by atoms with Crippen molar-refractivity contribution in [2.75, 3.05) is 37.0 Å². The number of amides is 2. The van der Waals surface area contributed by atoms with Gasteiger partial charge in [-0.25, -0.2) is 13.8 Å². The van der Waals surface area contributed by atoms with Gasteiger partial charge in [0.15, 0.2) is 6.61 Å². The quantitative estimate of drug-likeness (QED) is 0.168. The maximum Gasteiger partial charge on any atom is 0.264 e. The molecule has 44 heavy (non-hydrogen) atoms. The molecule has 0 aliphatic rings. The van der Waals surface area contributed by atoms with Crippen molar-refractivity contribution in [1.29, 1.82) is 0 Å². The number of benzene rings is 4. The second-order valence-corrected chi connectivity index (χ2v) is 11.3. The van der Waals surface area contributed by atoms with Crippen molar-refractivity contribution >= 4 is 39.4 Å². The number of methoxy groups -OCH3 is 2. The van der Waals surface area contributed by atoms with Gasteiger partial charge >= 0.3 is 0 Å². The highest BCUT2D eigenvalue weighted by atomic mass is 32.2. The van der Waals surface area contributed by atoms with Crippen molar-refractivity contribution in [3.8, 4) is 17.2 Å². The lowest BCUT2D eigenvalue weighted by Gasteiger charge is -2.24. The van der Waals surface area contributed by atoms with Crippen molar-refractivity contribution in [1.82, 2.24) is 5.43 Å². The number of hydrogen-bond acceptors (Lipinski definition) is 8. The third-order valence-corrected chi connectivity index (χ3v) is 8.07. The molecule has 0 unspecified atom stereocenters. The predicted molar refractivity (Wildman–Crippen MR) is 168 cm³/mol. The molecule has 4 rings (SSSR count). The van der Waals surface area contributed by atoms with E-state index in [-0.39, 0.29) is 17.4 Å². The number of aryl methyl sites for hydroxylation is 1. The van der Waals surface area contributed by atoms with Crippen LogP contribution in [0.15, 0.2) is 107 Å². The zero-order valence-corrected chi connectivity index (χ0v) is 25.2. The Balaban J connectivity index is 1.34. The Labute approximate surface area is 256 Å². The van der Waals surface area contributed by atoms with Crippen LogP contribution < -0.4 is 29.3 Å². The molecule has 0 heterocycles. The Kier molecular flexibility index (Phi) is 10.5. The van der Waals surface area contributed by atoms with E-state index in [1.807, 2.05) is 6.92 Å². The zero-order chi connectivity index (χ0) is 31.5. The van der Waals surface area contributed by atoms with Gasteiger partial charge in [0.25, 0.3) is 21.8 Å². The van der Waals surface area contributed by atoms with E-state index >= 15 is 0 Å². The Morgan fingerprint density at radius 3 is 1.93 bits per heavy atom. The molecule has 0 spiro atoms. The van der Waals surface area contributed by atoms with Crippen LogP contribution in [-0.4, -0.2) is 53.8 Å². The van der Waals surface area contributed by atoms with Crippen molar-refractivity contribution in [2.45, 2.75) is 11.8 Å². The lowest BCUT2D eigenvalue weighted by atomic mass is 10.2. The van der Waals surface area contributed by atoms with Crippen LogP contribution in [0.4, 0.5) is 11.4 Å². The van der Waals surface area contributed by atoms with E-state index in [2.05, 4.69) is 15.8 Å². The molecule has 0 aliphatic heterocycles. The van der Waals surface area contributed by atoms with Crippen molar-refractivity contribution in [3.63, 3.8) is 0 Å². The molecule has 2 amide bonds. The lowest BCUT2D eigenvalue weighted by Crippen LogP contribution is -2.39. The maximum absolute atomic E-state index is 13.5.